The van der Waals surface area contributed by atoms with Crippen molar-refractivity contribution in [3.63, 3.8) is 0 Å². The van der Waals surface area contributed by atoms with Gasteiger partial charge >= 0.3 is 0 Å². The lowest BCUT2D eigenvalue weighted by atomic mass is 10.2. The number of nitrogens with one attached hydrogen (secondary N) is 1. The number of nitriles is 1. The molecule has 0 bridgehead atoms. The van der Waals surface area contributed by atoms with E-state index in [0.29, 0.717) is 5.69 Å². The van der Waals surface area contributed by atoms with Crippen LogP contribution in [-0.4, -0.2) is 22.3 Å². The molecule has 17 heavy (non-hydrogen) atoms. The van der Waals surface area contributed by atoms with Crippen molar-refractivity contribution >= 4 is 0 Å². The lowest BCUT2D eigenvalue weighted by Gasteiger charge is -2.06. The monoisotopic (exact) mass is 235 g/mol. The molecule has 0 aliphatic carbocycles. The minimum absolute atomic E-state index is 0.222. The summed E-state index contributed by atoms with van der Waals surface area (Å²) in [4.78, 5) is 0. The van der Waals surface area contributed by atoms with Crippen LogP contribution in [0.3, 0.4) is 0 Å². The van der Waals surface area contributed by atoms with Crippen molar-refractivity contribution in [3.05, 3.63) is 23.0 Å². The van der Waals surface area contributed by atoms with Gasteiger partial charge in [0, 0.05) is 19.3 Å². The van der Waals surface area contributed by atoms with E-state index in [1.807, 2.05) is 24.6 Å². The Balaban J connectivity index is 2.40. The first kappa shape index (κ1) is 13.8. The Kier molecular flexibility index (Phi) is 5.20. The number of aromatic nitrogens is 1. The average Bonchev–Trinajstić information content (AvgIpc) is 2.56. The number of rotatable bonds is 6. The van der Waals surface area contributed by atoms with Crippen LogP contribution in [0.2, 0.25) is 0 Å². The largest absolute Gasteiger partial charge is 0.393 e. The van der Waals surface area contributed by atoms with Crippen molar-refractivity contribution in [2.24, 2.45) is 7.05 Å². The van der Waals surface area contributed by atoms with E-state index in [9.17, 15) is 0 Å². The maximum atomic E-state index is 9.12. The predicted octanol–water partition coefficient (Wildman–Crippen LogP) is 1.46. The van der Waals surface area contributed by atoms with Gasteiger partial charge in [-0.1, -0.05) is 0 Å². The van der Waals surface area contributed by atoms with Crippen molar-refractivity contribution < 1.29 is 5.11 Å². The third kappa shape index (κ3) is 3.88. The van der Waals surface area contributed by atoms with Crippen LogP contribution in [0.4, 0.5) is 0 Å². The van der Waals surface area contributed by atoms with Crippen molar-refractivity contribution in [2.45, 2.75) is 39.3 Å². The van der Waals surface area contributed by atoms with Crippen molar-refractivity contribution in [1.82, 2.24) is 9.88 Å². The minimum atomic E-state index is -0.222. The predicted molar refractivity (Wildman–Crippen MR) is 67.5 cm³/mol. The Bertz CT molecular complexity index is 402. The van der Waals surface area contributed by atoms with Crippen molar-refractivity contribution in [3.8, 4) is 6.07 Å². The highest BCUT2D eigenvalue weighted by Gasteiger charge is 2.07. The molecule has 0 saturated carbocycles. The van der Waals surface area contributed by atoms with Gasteiger partial charge in [0.2, 0.25) is 0 Å². The van der Waals surface area contributed by atoms with Crippen LogP contribution < -0.4 is 5.32 Å². The first-order chi connectivity index (χ1) is 8.06. The molecule has 0 radical (unpaired) electrons. The molecule has 1 atom stereocenters. The summed E-state index contributed by atoms with van der Waals surface area (Å²) in [5.74, 6) is 0. The highest BCUT2D eigenvalue weighted by molar-refractivity contribution is 5.33. The first-order valence-corrected chi connectivity index (χ1v) is 6.00. The SMILES string of the molecule is Cc1c(CNCCCC(C)O)cc(C#N)n1C. The average molecular weight is 235 g/mol. The molecule has 0 fully saturated rings. The topological polar surface area (TPSA) is 61.0 Å². The van der Waals surface area contributed by atoms with Gasteiger partial charge in [0.25, 0.3) is 0 Å². The molecule has 4 heteroatoms. The summed E-state index contributed by atoms with van der Waals surface area (Å²) in [6.07, 6.45) is 1.57. The summed E-state index contributed by atoms with van der Waals surface area (Å²) in [6, 6.07) is 4.10. The molecule has 1 aromatic rings. The standard InChI is InChI=1S/C13H21N3O/c1-10(17)5-4-6-15-9-12-7-13(8-14)16(3)11(12)2/h7,10,15,17H,4-6,9H2,1-3H3. The second kappa shape index (κ2) is 6.43. The van der Waals surface area contributed by atoms with Crippen LogP contribution in [0.25, 0.3) is 0 Å². The van der Waals surface area contributed by atoms with Gasteiger partial charge in [-0.2, -0.15) is 5.26 Å². The molecular formula is C13H21N3O. The van der Waals surface area contributed by atoms with E-state index in [4.69, 9.17) is 10.4 Å². The summed E-state index contributed by atoms with van der Waals surface area (Å²) < 4.78 is 1.91. The van der Waals surface area contributed by atoms with E-state index in [2.05, 4.69) is 11.4 Å². The maximum Gasteiger partial charge on any atom is 0.120 e. The fourth-order valence-electron chi connectivity index (χ4n) is 1.79. The van der Waals surface area contributed by atoms with Crippen LogP contribution in [0.15, 0.2) is 6.07 Å². The highest BCUT2D eigenvalue weighted by atomic mass is 16.3. The van der Waals surface area contributed by atoms with E-state index < -0.39 is 0 Å². The summed E-state index contributed by atoms with van der Waals surface area (Å²) in [7, 11) is 1.91. The summed E-state index contributed by atoms with van der Waals surface area (Å²) >= 11 is 0. The molecule has 0 spiro atoms. The minimum Gasteiger partial charge on any atom is -0.393 e. The molecule has 0 aliphatic rings. The molecule has 94 valence electrons. The fraction of sp³-hybridized carbons (Fsp3) is 0.615. The highest BCUT2D eigenvalue weighted by Crippen LogP contribution is 2.12. The second-order valence-corrected chi connectivity index (χ2v) is 4.48. The quantitative estimate of drug-likeness (QED) is 0.734. The van der Waals surface area contributed by atoms with Gasteiger partial charge in [0.1, 0.15) is 11.8 Å². The summed E-state index contributed by atoms with van der Waals surface area (Å²) in [6.45, 7) is 5.50. The van der Waals surface area contributed by atoms with Crippen LogP contribution in [0.5, 0.6) is 0 Å². The zero-order valence-corrected chi connectivity index (χ0v) is 10.8. The number of hydrogen-bond donors (Lipinski definition) is 2. The zero-order chi connectivity index (χ0) is 12.8. The van der Waals surface area contributed by atoms with Gasteiger partial charge in [0.15, 0.2) is 0 Å². The normalized spacial score (nSPS) is 12.4. The molecule has 1 rings (SSSR count). The summed E-state index contributed by atoms with van der Waals surface area (Å²) in [5, 5.41) is 21.4. The molecule has 2 N–H and O–H groups in total. The fourth-order valence-corrected chi connectivity index (χ4v) is 1.79. The second-order valence-electron chi connectivity index (χ2n) is 4.48. The van der Waals surface area contributed by atoms with E-state index in [1.54, 1.807) is 6.92 Å². The lowest BCUT2D eigenvalue weighted by Crippen LogP contribution is -2.16. The zero-order valence-electron chi connectivity index (χ0n) is 10.8. The number of aliphatic hydroxyl groups excluding tert-OH is 1. The van der Waals surface area contributed by atoms with E-state index in [-0.39, 0.29) is 6.10 Å². The van der Waals surface area contributed by atoms with Crippen LogP contribution in [0, 0.1) is 18.3 Å². The van der Waals surface area contributed by atoms with Gasteiger partial charge in [-0.25, -0.2) is 0 Å². The molecule has 0 amide bonds. The Hall–Kier alpha value is -1.31. The first-order valence-electron chi connectivity index (χ1n) is 6.00. The van der Waals surface area contributed by atoms with Crippen LogP contribution >= 0.6 is 0 Å². The molecule has 1 unspecified atom stereocenters. The number of aliphatic hydroxyl groups is 1. The lowest BCUT2D eigenvalue weighted by molar-refractivity contribution is 0.181. The van der Waals surface area contributed by atoms with Gasteiger partial charge in [-0.05, 0) is 44.9 Å². The Labute approximate surface area is 103 Å². The van der Waals surface area contributed by atoms with E-state index in [1.165, 1.54) is 5.56 Å². The van der Waals surface area contributed by atoms with Crippen LogP contribution in [0.1, 0.15) is 36.7 Å². The molecule has 0 saturated heterocycles. The van der Waals surface area contributed by atoms with Crippen molar-refractivity contribution in [1.29, 1.82) is 5.26 Å². The number of nitrogens with zero attached hydrogens (tertiary/aromatic N) is 2. The van der Waals surface area contributed by atoms with Gasteiger partial charge < -0.3 is 15.0 Å². The molecule has 4 nitrogen and oxygen atoms in total. The van der Waals surface area contributed by atoms with E-state index >= 15 is 0 Å². The number of hydrogen-bond acceptors (Lipinski definition) is 3. The van der Waals surface area contributed by atoms with Gasteiger partial charge in [0.05, 0.1) is 6.10 Å². The molecular weight excluding hydrogens is 214 g/mol. The third-order valence-corrected chi connectivity index (χ3v) is 3.05. The molecule has 0 aliphatic heterocycles. The Morgan fingerprint density at radius 3 is 2.82 bits per heavy atom. The van der Waals surface area contributed by atoms with Gasteiger partial charge in [-0.3, -0.25) is 0 Å². The van der Waals surface area contributed by atoms with E-state index in [0.717, 1.165) is 31.6 Å². The molecule has 0 aromatic carbocycles. The molecule has 1 heterocycles. The Morgan fingerprint density at radius 2 is 2.29 bits per heavy atom. The smallest absolute Gasteiger partial charge is 0.120 e. The molecule has 1 aromatic heterocycles. The van der Waals surface area contributed by atoms with Crippen molar-refractivity contribution in [2.75, 3.05) is 6.54 Å². The van der Waals surface area contributed by atoms with Crippen LogP contribution in [-0.2, 0) is 13.6 Å². The summed E-state index contributed by atoms with van der Waals surface area (Å²) in [5.41, 5.74) is 2.99. The third-order valence-electron chi connectivity index (χ3n) is 3.05. The van der Waals surface area contributed by atoms with Gasteiger partial charge in [-0.15, -0.1) is 0 Å². The Morgan fingerprint density at radius 1 is 1.59 bits per heavy atom. The maximum absolute atomic E-state index is 9.12.